The number of aryl methyl sites for hydroxylation is 1. The van der Waals surface area contributed by atoms with Gasteiger partial charge in [-0.2, -0.15) is 0 Å². The highest BCUT2D eigenvalue weighted by Gasteiger charge is 2.28. The Morgan fingerprint density at radius 1 is 1.25 bits per heavy atom. The lowest BCUT2D eigenvalue weighted by Gasteiger charge is -2.30. The Balaban J connectivity index is 1.94. The predicted molar refractivity (Wildman–Crippen MR) is 83.3 cm³/mol. The fourth-order valence-corrected chi connectivity index (χ4v) is 3.01. The van der Waals surface area contributed by atoms with Crippen LogP contribution in [0.4, 0.5) is 0 Å². The van der Waals surface area contributed by atoms with E-state index in [2.05, 4.69) is 15.9 Å². The van der Waals surface area contributed by atoms with Crippen LogP contribution in [-0.4, -0.2) is 5.11 Å². The largest absolute Gasteiger partial charge is 0.485 e. The molecule has 104 valence electrons. The zero-order valence-electron chi connectivity index (χ0n) is 10.9. The van der Waals surface area contributed by atoms with Crippen LogP contribution in [-0.2, 0) is 0 Å². The second kappa shape index (κ2) is 5.40. The van der Waals surface area contributed by atoms with Crippen LogP contribution in [0.15, 0.2) is 40.9 Å². The summed E-state index contributed by atoms with van der Waals surface area (Å²) in [6, 6.07) is 11.5. The quantitative estimate of drug-likeness (QED) is 0.784. The van der Waals surface area contributed by atoms with Crippen LogP contribution in [0.3, 0.4) is 0 Å². The van der Waals surface area contributed by atoms with Gasteiger partial charge in [-0.25, -0.2) is 0 Å². The molecule has 0 fully saturated rings. The highest BCUT2D eigenvalue weighted by atomic mass is 79.9. The highest BCUT2D eigenvalue weighted by Crippen LogP contribution is 2.42. The van der Waals surface area contributed by atoms with Crippen LogP contribution in [0.2, 0.25) is 5.02 Å². The lowest BCUT2D eigenvalue weighted by molar-refractivity contribution is 0.0657. The molecule has 20 heavy (non-hydrogen) atoms. The number of rotatable bonds is 1. The number of aliphatic hydroxyl groups is 1. The third-order valence-corrected chi connectivity index (χ3v) is 4.69. The van der Waals surface area contributed by atoms with Gasteiger partial charge in [-0.15, -0.1) is 0 Å². The summed E-state index contributed by atoms with van der Waals surface area (Å²) in [5.41, 5.74) is 3.00. The molecule has 2 aromatic rings. The van der Waals surface area contributed by atoms with Gasteiger partial charge in [0, 0.05) is 21.5 Å². The molecule has 0 saturated heterocycles. The van der Waals surface area contributed by atoms with Crippen LogP contribution in [0.5, 0.6) is 5.75 Å². The van der Waals surface area contributed by atoms with Gasteiger partial charge in [-0.1, -0.05) is 39.7 Å². The number of fused-ring (bicyclic) bond motifs is 1. The fraction of sp³-hybridized carbons (Fsp3) is 0.250. The first-order chi connectivity index (χ1) is 9.54. The second-order valence-corrected chi connectivity index (χ2v) is 6.34. The Hall–Kier alpha value is -1.03. The number of aliphatic hydroxyl groups excluding tert-OH is 1. The topological polar surface area (TPSA) is 29.5 Å². The summed E-state index contributed by atoms with van der Waals surface area (Å²) < 4.78 is 7.05. The fourth-order valence-electron chi connectivity index (χ4n) is 2.43. The van der Waals surface area contributed by atoms with Gasteiger partial charge in [0.25, 0.3) is 0 Å². The summed E-state index contributed by atoms with van der Waals surface area (Å²) in [6.07, 6.45) is -0.166. The molecule has 0 radical (unpaired) electrons. The maximum absolute atomic E-state index is 10.3. The van der Waals surface area contributed by atoms with Gasteiger partial charge < -0.3 is 9.84 Å². The molecule has 0 saturated carbocycles. The average molecular weight is 354 g/mol. The Morgan fingerprint density at radius 3 is 2.80 bits per heavy atom. The van der Waals surface area contributed by atoms with Crippen molar-refractivity contribution >= 4 is 27.5 Å². The molecule has 1 heterocycles. The van der Waals surface area contributed by atoms with Crippen molar-refractivity contribution in [3.8, 4) is 5.75 Å². The van der Waals surface area contributed by atoms with Gasteiger partial charge in [-0.3, -0.25) is 0 Å². The normalized spacial score (nSPS) is 21.2. The van der Waals surface area contributed by atoms with E-state index in [0.29, 0.717) is 17.2 Å². The minimum absolute atomic E-state index is 0.143. The van der Waals surface area contributed by atoms with E-state index < -0.39 is 6.10 Å². The van der Waals surface area contributed by atoms with Crippen molar-refractivity contribution < 1.29 is 9.84 Å². The molecule has 0 spiro atoms. The molecule has 0 aromatic heterocycles. The summed E-state index contributed by atoms with van der Waals surface area (Å²) in [5, 5.41) is 10.9. The lowest BCUT2D eigenvalue weighted by atomic mass is 9.94. The van der Waals surface area contributed by atoms with Crippen LogP contribution < -0.4 is 4.74 Å². The Morgan fingerprint density at radius 2 is 2.05 bits per heavy atom. The van der Waals surface area contributed by atoms with Crippen molar-refractivity contribution in [2.24, 2.45) is 0 Å². The van der Waals surface area contributed by atoms with E-state index in [1.807, 2.05) is 31.2 Å². The lowest BCUT2D eigenvalue weighted by Crippen LogP contribution is -2.19. The van der Waals surface area contributed by atoms with E-state index in [4.69, 9.17) is 16.3 Å². The van der Waals surface area contributed by atoms with Crippen LogP contribution in [0.25, 0.3) is 0 Å². The molecule has 2 aromatic carbocycles. The summed E-state index contributed by atoms with van der Waals surface area (Å²) in [7, 11) is 0. The van der Waals surface area contributed by atoms with Gasteiger partial charge in [0.2, 0.25) is 0 Å². The van der Waals surface area contributed by atoms with E-state index in [1.54, 1.807) is 12.1 Å². The van der Waals surface area contributed by atoms with Crippen molar-refractivity contribution in [3.05, 3.63) is 62.6 Å². The number of halogens is 2. The minimum Gasteiger partial charge on any atom is -0.485 e. The first-order valence-electron chi connectivity index (χ1n) is 6.45. The number of hydrogen-bond donors (Lipinski definition) is 1. The van der Waals surface area contributed by atoms with Crippen molar-refractivity contribution in [2.45, 2.75) is 25.6 Å². The van der Waals surface area contributed by atoms with Crippen molar-refractivity contribution in [2.75, 3.05) is 0 Å². The zero-order chi connectivity index (χ0) is 14.3. The Labute approximate surface area is 131 Å². The second-order valence-electron chi connectivity index (χ2n) is 5.05. The molecular weight excluding hydrogens is 340 g/mol. The Kier molecular flexibility index (Phi) is 3.76. The first-order valence-corrected chi connectivity index (χ1v) is 7.62. The zero-order valence-corrected chi connectivity index (χ0v) is 13.3. The van der Waals surface area contributed by atoms with Crippen molar-refractivity contribution in [3.63, 3.8) is 0 Å². The molecule has 1 aliphatic heterocycles. The molecule has 0 amide bonds. The monoisotopic (exact) mass is 352 g/mol. The van der Waals surface area contributed by atoms with E-state index >= 15 is 0 Å². The number of ether oxygens (including phenoxy) is 1. The first kappa shape index (κ1) is 13.9. The molecular formula is C16H14BrClO2. The van der Waals surface area contributed by atoms with Crippen LogP contribution in [0.1, 0.15) is 35.3 Å². The standard InChI is InChI=1S/C16H14BrClO2/c1-9-2-3-10(6-13(9)17)16-8-14(19)12-7-11(18)4-5-15(12)20-16/h2-7,14,16,19H,8H2,1H3/t14-,16?/m1/s1. The third kappa shape index (κ3) is 2.58. The molecule has 4 heteroatoms. The molecule has 1 aliphatic rings. The molecule has 2 atom stereocenters. The van der Waals surface area contributed by atoms with Crippen LogP contribution in [0, 0.1) is 6.92 Å². The SMILES string of the molecule is Cc1ccc(C2C[C@@H](O)c3cc(Cl)ccc3O2)cc1Br. The van der Waals surface area contributed by atoms with Crippen LogP contribution >= 0.6 is 27.5 Å². The number of hydrogen-bond acceptors (Lipinski definition) is 2. The molecule has 0 aliphatic carbocycles. The average Bonchev–Trinajstić information content (AvgIpc) is 2.42. The molecule has 0 bridgehead atoms. The molecule has 1 unspecified atom stereocenters. The maximum atomic E-state index is 10.3. The van der Waals surface area contributed by atoms with Gasteiger partial charge >= 0.3 is 0 Å². The maximum Gasteiger partial charge on any atom is 0.127 e. The number of benzene rings is 2. The minimum atomic E-state index is -0.553. The van der Waals surface area contributed by atoms with E-state index in [-0.39, 0.29) is 6.10 Å². The van der Waals surface area contributed by atoms with E-state index in [0.717, 1.165) is 15.6 Å². The van der Waals surface area contributed by atoms with Crippen molar-refractivity contribution in [1.82, 2.24) is 0 Å². The molecule has 3 rings (SSSR count). The smallest absolute Gasteiger partial charge is 0.127 e. The molecule has 2 nitrogen and oxygen atoms in total. The summed E-state index contributed by atoms with van der Waals surface area (Å²) >= 11 is 9.49. The Bertz CT molecular complexity index is 657. The van der Waals surface area contributed by atoms with Gasteiger partial charge in [0.15, 0.2) is 0 Å². The third-order valence-electron chi connectivity index (χ3n) is 3.61. The van der Waals surface area contributed by atoms with Gasteiger partial charge in [0.05, 0.1) is 6.10 Å². The van der Waals surface area contributed by atoms with Gasteiger partial charge in [0.1, 0.15) is 11.9 Å². The van der Waals surface area contributed by atoms with E-state index in [1.165, 1.54) is 5.56 Å². The molecule has 1 N–H and O–H groups in total. The van der Waals surface area contributed by atoms with Gasteiger partial charge in [-0.05, 0) is 42.3 Å². The highest BCUT2D eigenvalue weighted by molar-refractivity contribution is 9.10. The van der Waals surface area contributed by atoms with Crippen molar-refractivity contribution in [1.29, 1.82) is 0 Å². The summed E-state index contributed by atoms with van der Waals surface area (Å²) in [6.45, 7) is 2.04. The van der Waals surface area contributed by atoms with E-state index in [9.17, 15) is 5.11 Å². The summed E-state index contributed by atoms with van der Waals surface area (Å²) in [5.74, 6) is 0.704. The summed E-state index contributed by atoms with van der Waals surface area (Å²) in [4.78, 5) is 0. The predicted octanol–water partition coefficient (Wildman–Crippen LogP) is 4.97.